The Morgan fingerprint density at radius 1 is 1.23 bits per heavy atom. The fraction of sp³-hybridized carbons (Fsp3) is 0.471. The van der Waals surface area contributed by atoms with E-state index in [2.05, 4.69) is 47.0 Å². The van der Waals surface area contributed by atoms with Gasteiger partial charge in [0.25, 0.3) is 0 Å². The summed E-state index contributed by atoms with van der Waals surface area (Å²) < 4.78 is 12.6. The second kappa shape index (κ2) is 6.81. The molecule has 1 aromatic carbocycles. The third kappa shape index (κ3) is 4.00. The predicted octanol–water partition coefficient (Wildman–Crippen LogP) is 3.84. The summed E-state index contributed by atoms with van der Waals surface area (Å²) in [6.45, 7) is 7.49. The van der Waals surface area contributed by atoms with Crippen molar-refractivity contribution < 1.29 is 4.39 Å². The highest BCUT2D eigenvalue weighted by atomic mass is 19.1. The summed E-state index contributed by atoms with van der Waals surface area (Å²) in [7, 11) is 0. The Morgan fingerprint density at radius 3 is 2.59 bits per heavy atom. The maximum Gasteiger partial charge on any atom is 0.223 e. The van der Waals surface area contributed by atoms with Gasteiger partial charge in [-0.1, -0.05) is 30.7 Å². The van der Waals surface area contributed by atoms with Crippen LogP contribution in [0.1, 0.15) is 60.7 Å². The average molecular weight is 302 g/mol. The molecule has 0 spiro atoms. The zero-order valence-electron chi connectivity index (χ0n) is 13.6. The van der Waals surface area contributed by atoms with Crippen LogP contribution in [0.3, 0.4) is 0 Å². The molecule has 0 bridgehead atoms. The van der Waals surface area contributed by atoms with Gasteiger partial charge in [0.05, 0.1) is 0 Å². The molecule has 2 aromatic rings. The zero-order valence-corrected chi connectivity index (χ0v) is 13.6. The van der Waals surface area contributed by atoms with Gasteiger partial charge in [-0.05, 0) is 50.7 Å². The summed E-state index contributed by atoms with van der Waals surface area (Å²) >= 11 is 0. The maximum absolute atomic E-state index is 12.6. The molecule has 2 N–H and O–H groups in total. The molecule has 3 rings (SSSR count). The SMILES string of the molecule is Cc1ccc2c(c1)C(C)CC2.Cc1nc(N)nc([C@@H](C)F)n1. The van der Waals surface area contributed by atoms with Crippen LogP contribution in [0.25, 0.3) is 0 Å². The molecular weight excluding hydrogens is 279 g/mol. The molecule has 2 atom stereocenters. The highest BCUT2D eigenvalue weighted by molar-refractivity contribution is 5.37. The first kappa shape index (κ1) is 16.3. The number of nitrogens with two attached hydrogens (primary N) is 1. The maximum atomic E-state index is 12.6. The quantitative estimate of drug-likeness (QED) is 0.869. The van der Waals surface area contributed by atoms with E-state index in [1.807, 2.05) is 0 Å². The van der Waals surface area contributed by atoms with E-state index >= 15 is 0 Å². The van der Waals surface area contributed by atoms with Gasteiger partial charge in [-0.2, -0.15) is 9.97 Å². The van der Waals surface area contributed by atoms with Crippen molar-refractivity contribution in [3.8, 4) is 0 Å². The molecular formula is C17H23FN4. The number of halogens is 1. The molecule has 0 saturated heterocycles. The Bertz CT molecular complexity index is 635. The fourth-order valence-corrected chi connectivity index (χ4v) is 2.63. The molecule has 1 heterocycles. The summed E-state index contributed by atoms with van der Waals surface area (Å²) in [5, 5.41) is 0. The van der Waals surface area contributed by atoms with Crippen molar-refractivity contribution >= 4 is 5.95 Å². The lowest BCUT2D eigenvalue weighted by atomic mass is 10.0. The van der Waals surface area contributed by atoms with E-state index in [4.69, 9.17) is 5.73 Å². The highest BCUT2D eigenvalue weighted by Gasteiger charge is 2.17. The Morgan fingerprint density at radius 2 is 1.95 bits per heavy atom. The van der Waals surface area contributed by atoms with E-state index in [1.54, 1.807) is 18.1 Å². The Labute approximate surface area is 131 Å². The van der Waals surface area contributed by atoms with Gasteiger partial charge in [-0.15, -0.1) is 0 Å². The van der Waals surface area contributed by atoms with Crippen LogP contribution in [0, 0.1) is 13.8 Å². The largest absolute Gasteiger partial charge is 0.368 e. The molecule has 0 radical (unpaired) electrons. The minimum absolute atomic E-state index is 0.0667. The molecule has 5 heteroatoms. The molecule has 1 aromatic heterocycles. The van der Waals surface area contributed by atoms with E-state index in [1.165, 1.54) is 25.3 Å². The molecule has 1 aliphatic carbocycles. The van der Waals surface area contributed by atoms with Crippen LogP contribution >= 0.6 is 0 Å². The van der Waals surface area contributed by atoms with E-state index < -0.39 is 6.17 Å². The lowest BCUT2D eigenvalue weighted by Crippen LogP contribution is -2.05. The predicted molar refractivity (Wildman–Crippen MR) is 86.4 cm³/mol. The fourth-order valence-electron chi connectivity index (χ4n) is 2.63. The van der Waals surface area contributed by atoms with Crippen molar-refractivity contribution in [2.45, 2.75) is 52.6 Å². The monoisotopic (exact) mass is 302 g/mol. The number of alkyl halides is 1. The molecule has 118 valence electrons. The smallest absolute Gasteiger partial charge is 0.223 e. The molecule has 1 unspecified atom stereocenters. The number of aromatic nitrogens is 3. The lowest BCUT2D eigenvalue weighted by molar-refractivity contribution is 0.355. The van der Waals surface area contributed by atoms with Gasteiger partial charge < -0.3 is 5.73 Å². The number of nitrogens with zero attached hydrogens (tertiary/aromatic N) is 3. The normalized spacial score (nSPS) is 17.4. The highest BCUT2D eigenvalue weighted by Crippen LogP contribution is 2.32. The van der Waals surface area contributed by atoms with Crippen LogP contribution in [0.15, 0.2) is 18.2 Å². The summed E-state index contributed by atoms with van der Waals surface area (Å²) in [6, 6.07) is 6.85. The number of hydrogen-bond donors (Lipinski definition) is 1. The van der Waals surface area contributed by atoms with Gasteiger partial charge in [0.15, 0.2) is 12.0 Å². The summed E-state index contributed by atoms with van der Waals surface area (Å²) in [6.07, 6.45) is 1.44. The summed E-state index contributed by atoms with van der Waals surface area (Å²) in [5.74, 6) is 1.40. The summed E-state index contributed by atoms with van der Waals surface area (Å²) in [4.78, 5) is 11.1. The second-order valence-electron chi connectivity index (χ2n) is 5.86. The molecule has 4 nitrogen and oxygen atoms in total. The van der Waals surface area contributed by atoms with Gasteiger partial charge in [-0.3, -0.25) is 0 Å². The number of rotatable bonds is 1. The molecule has 0 fully saturated rings. The second-order valence-corrected chi connectivity index (χ2v) is 5.86. The van der Waals surface area contributed by atoms with Gasteiger partial charge in [0.1, 0.15) is 5.82 Å². The number of hydrogen-bond acceptors (Lipinski definition) is 4. The number of benzene rings is 1. The van der Waals surface area contributed by atoms with E-state index in [-0.39, 0.29) is 11.8 Å². The minimum atomic E-state index is -1.20. The Hall–Kier alpha value is -2.04. The molecule has 0 amide bonds. The minimum Gasteiger partial charge on any atom is -0.368 e. The van der Waals surface area contributed by atoms with Crippen LogP contribution in [0.5, 0.6) is 0 Å². The molecule has 1 aliphatic rings. The van der Waals surface area contributed by atoms with Crippen LogP contribution in [0.2, 0.25) is 0 Å². The number of aryl methyl sites for hydroxylation is 3. The molecule has 0 saturated carbocycles. The topological polar surface area (TPSA) is 64.7 Å². The van der Waals surface area contributed by atoms with Crippen molar-refractivity contribution in [1.29, 1.82) is 0 Å². The van der Waals surface area contributed by atoms with Crippen LogP contribution in [-0.2, 0) is 6.42 Å². The Balaban J connectivity index is 0.000000160. The first-order valence-electron chi connectivity index (χ1n) is 7.58. The first-order valence-corrected chi connectivity index (χ1v) is 7.58. The van der Waals surface area contributed by atoms with E-state index in [0.29, 0.717) is 5.82 Å². The molecule has 0 aliphatic heterocycles. The van der Waals surface area contributed by atoms with Crippen molar-refractivity contribution in [2.24, 2.45) is 0 Å². The average Bonchev–Trinajstić information content (AvgIpc) is 2.80. The summed E-state index contributed by atoms with van der Waals surface area (Å²) in [5.41, 5.74) is 9.83. The van der Waals surface area contributed by atoms with Crippen LogP contribution < -0.4 is 5.73 Å². The van der Waals surface area contributed by atoms with Gasteiger partial charge in [0.2, 0.25) is 5.95 Å². The lowest BCUT2D eigenvalue weighted by Gasteiger charge is -2.04. The number of fused-ring (bicyclic) bond motifs is 1. The van der Waals surface area contributed by atoms with Crippen molar-refractivity contribution in [3.63, 3.8) is 0 Å². The van der Waals surface area contributed by atoms with Crippen LogP contribution in [0.4, 0.5) is 10.3 Å². The zero-order chi connectivity index (χ0) is 16.3. The van der Waals surface area contributed by atoms with Crippen LogP contribution in [-0.4, -0.2) is 15.0 Å². The number of nitrogen functional groups attached to an aromatic ring is 1. The van der Waals surface area contributed by atoms with E-state index in [9.17, 15) is 4.39 Å². The third-order valence-electron chi connectivity index (χ3n) is 3.82. The van der Waals surface area contributed by atoms with Crippen molar-refractivity contribution in [2.75, 3.05) is 5.73 Å². The van der Waals surface area contributed by atoms with Gasteiger partial charge in [-0.25, -0.2) is 9.37 Å². The van der Waals surface area contributed by atoms with E-state index in [0.717, 1.165) is 5.92 Å². The Kier molecular flexibility index (Phi) is 5.06. The third-order valence-corrected chi connectivity index (χ3v) is 3.82. The number of anilines is 1. The van der Waals surface area contributed by atoms with Gasteiger partial charge >= 0.3 is 0 Å². The first-order chi connectivity index (χ1) is 10.4. The van der Waals surface area contributed by atoms with Crippen molar-refractivity contribution in [3.05, 3.63) is 46.5 Å². The van der Waals surface area contributed by atoms with Gasteiger partial charge in [0, 0.05) is 0 Å². The standard InChI is InChI=1S/C11H14.C6H9FN4/c1-8-3-5-10-6-4-9(2)11(10)7-8;1-3(7)5-9-4(2)10-6(8)11-5/h3,5,7,9H,4,6H2,1-2H3;3H,1-2H3,(H2,8,9,10,11)/t;3-/m.1/s1. The molecule has 22 heavy (non-hydrogen) atoms. The van der Waals surface area contributed by atoms with Crippen molar-refractivity contribution in [1.82, 2.24) is 15.0 Å².